The summed E-state index contributed by atoms with van der Waals surface area (Å²) in [6, 6.07) is 14.2. The Morgan fingerprint density at radius 3 is 2.50 bits per heavy atom. The molecule has 1 fully saturated rings. The normalized spacial score (nSPS) is 15.1. The zero-order chi connectivity index (χ0) is 16.5. The number of aromatic amines is 1. The van der Waals surface area contributed by atoms with E-state index in [2.05, 4.69) is 26.1 Å². The van der Waals surface area contributed by atoms with Crippen LogP contribution in [-0.2, 0) is 9.47 Å². The predicted octanol–water partition coefficient (Wildman–Crippen LogP) is 4.69. The van der Waals surface area contributed by atoms with Crippen molar-refractivity contribution in [2.45, 2.75) is 6.29 Å². The summed E-state index contributed by atoms with van der Waals surface area (Å²) in [6.45, 7) is 1.23. The molecule has 0 saturated carbocycles. The molecule has 0 unspecified atom stereocenters. The first-order valence-corrected chi connectivity index (χ1v) is 8.34. The molecule has 0 spiro atoms. The van der Waals surface area contributed by atoms with Gasteiger partial charge in [0.1, 0.15) is 5.82 Å². The van der Waals surface area contributed by atoms with Crippen LogP contribution in [0.1, 0.15) is 11.9 Å². The third-order valence-electron chi connectivity index (χ3n) is 3.90. The molecule has 24 heavy (non-hydrogen) atoms. The topological polar surface area (TPSA) is 47.1 Å². The number of ether oxygens (including phenoxy) is 2. The third-order valence-corrected chi connectivity index (χ3v) is 4.55. The van der Waals surface area contributed by atoms with Crippen LogP contribution in [0.5, 0.6) is 0 Å². The molecule has 0 bridgehead atoms. The van der Waals surface area contributed by atoms with Gasteiger partial charge >= 0.3 is 0 Å². The summed E-state index contributed by atoms with van der Waals surface area (Å²) in [5.74, 6) is -0.260. The monoisotopic (exact) mass is 388 g/mol. The molecule has 1 aliphatic rings. The van der Waals surface area contributed by atoms with Gasteiger partial charge in [0.2, 0.25) is 0 Å². The van der Waals surface area contributed by atoms with E-state index in [0.29, 0.717) is 13.2 Å². The number of rotatable bonds is 3. The molecular formula is C18H14BrFN2O2. The summed E-state index contributed by atoms with van der Waals surface area (Å²) in [6.07, 6.45) is -0.299. The predicted molar refractivity (Wildman–Crippen MR) is 91.8 cm³/mol. The lowest BCUT2D eigenvalue weighted by Crippen LogP contribution is -1.98. The molecule has 1 aromatic heterocycles. The highest BCUT2D eigenvalue weighted by atomic mass is 79.9. The van der Waals surface area contributed by atoms with Gasteiger partial charge in [-0.2, -0.15) is 5.10 Å². The van der Waals surface area contributed by atoms with Crippen LogP contribution in [0.4, 0.5) is 4.39 Å². The van der Waals surface area contributed by atoms with Gasteiger partial charge in [-0.1, -0.05) is 28.1 Å². The van der Waals surface area contributed by atoms with Gasteiger partial charge in [0.05, 0.1) is 24.6 Å². The van der Waals surface area contributed by atoms with Gasteiger partial charge in [0.25, 0.3) is 0 Å². The second-order valence-electron chi connectivity index (χ2n) is 5.49. The van der Waals surface area contributed by atoms with Crippen molar-refractivity contribution in [2.75, 3.05) is 13.2 Å². The number of hydrogen-bond acceptors (Lipinski definition) is 3. The van der Waals surface area contributed by atoms with Crippen molar-refractivity contribution < 1.29 is 13.9 Å². The lowest BCUT2D eigenvalue weighted by molar-refractivity contribution is -0.0441. The molecular weight excluding hydrogens is 375 g/mol. The Bertz CT molecular complexity index is 858. The molecule has 122 valence electrons. The fourth-order valence-electron chi connectivity index (χ4n) is 2.68. The Kier molecular flexibility index (Phi) is 4.18. The number of H-pyrrole nitrogens is 1. The van der Waals surface area contributed by atoms with Crippen LogP contribution in [0, 0.1) is 5.82 Å². The Morgan fingerprint density at radius 2 is 1.79 bits per heavy atom. The summed E-state index contributed by atoms with van der Waals surface area (Å²) >= 11 is 3.60. The van der Waals surface area contributed by atoms with Crippen molar-refractivity contribution in [3.63, 3.8) is 0 Å². The van der Waals surface area contributed by atoms with Crippen LogP contribution in [0.15, 0.2) is 53.0 Å². The third kappa shape index (κ3) is 3.00. The van der Waals surface area contributed by atoms with Crippen LogP contribution < -0.4 is 0 Å². The number of hydrogen-bond donors (Lipinski definition) is 1. The van der Waals surface area contributed by atoms with Gasteiger partial charge < -0.3 is 9.47 Å². The summed E-state index contributed by atoms with van der Waals surface area (Å²) in [7, 11) is 0. The molecule has 1 N–H and O–H groups in total. The van der Waals surface area contributed by atoms with Crippen molar-refractivity contribution in [1.82, 2.24) is 10.2 Å². The van der Waals surface area contributed by atoms with E-state index in [0.717, 1.165) is 32.6 Å². The number of nitrogens with zero attached hydrogens (tertiary/aromatic N) is 1. The molecule has 6 heteroatoms. The molecule has 1 aliphatic heterocycles. The molecule has 0 amide bonds. The number of benzene rings is 2. The maximum Gasteiger partial charge on any atom is 0.184 e. The molecule has 3 aromatic rings. The zero-order valence-corrected chi connectivity index (χ0v) is 14.2. The minimum absolute atomic E-state index is 0.260. The molecule has 0 atom stereocenters. The zero-order valence-electron chi connectivity index (χ0n) is 12.6. The molecule has 2 heterocycles. The highest BCUT2D eigenvalue weighted by Gasteiger charge is 2.19. The molecule has 4 nitrogen and oxygen atoms in total. The van der Waals surface area contributed by atoms with Crippen LogP contribution in [-0.4, -0.2) is 23.4 Å². The number of halogens is 2. The van der Waals surface area contributed by atoms with Crippen LogP contribution in [0.3, 0.4) is 0 Å². The summed E-state index contributed by atoms with van der Waals surface area (Å²) in [5, 5.41) is 7.34. The molecule has 1 saturated heterocycles. The summed E-state index contributed by atoms with van der Waals surface area (Å²) in [4.78, 5) is 0. The molecule has 4 rings (SSSR count). The highest BCUT2D eigenvalue weighted by Crippen LogP contribution is 2.33. The van der Waals surface area contributed by atoms with E-state index >= 15 is 0 Å². The quantitative estimate of drug-likeness (QED) is 0.707. The van der Waals surface area contributed by atoms with E-state index < -0.39 is 0 Å². The van der Waals surface area contributed by atoms with Crippen molar-refractivity contribution >= 4 is 15.9 Å². The van der Waals surface area contributed by atoms with Gasteiger partial charge in [-0.15, -0.1) is 0 Å². The second kappa shape index (κ2) is 6.47. The smallest absolute Gasteiger partial charge is 0.184 e. The van der Waals surface area contributed by atoms with Crippen molar-refractivity contribution in [2.24, 2.45) is 0 Å². The minimum atomic E-state index is -0.299. The van der Waals surface area contributed by atoms with Gasteiger partial charge in [0, 0.05) is 21.2 Å². The molecule has 0 radical (unpaired) electrons. The Morgan fingerprint density at radius 1 is 1.04 bits per heavy atom. The Labute approximate surface area is 146 Å². The van der Waals surface area contributed by atoms with Crippen molar-refractivity contribution in [3.8, 4) is 22.5 Å². The number of aromatic nitrogens is 2. The largest absolute Gasteiger partial charge is 0.346 e. The first kappa shape index (κ1) is 15.5. The van der Waals surface area contributed by atoms with E-state index in [9.17, 15) is 4.39 Å². The summed E-state index contributed by atoms with van der Waals surface area (Å²) < 4.78 is 25.0. The standard InChI is InChI=1S/C18H14BrFN2O2/c19-15-9-12(18-23-7-8-24-18)3-6-14(15)17-10-16(21-22-17)11-1-4-13(20)5-2-11/h1-6,9-10,18H,7-8H2,(H,21,22). The summed E-state index contributed by atoms with van der Waals surface area (Å²) in [5.41, 5.74) is 4.46. The first-order valence-electron chi connectivity index (χ1n) is 7.55. The second-order valence-corrected chi connectivity index (χ2v) is 6.34. The van der Waals surface area contributed by atoms with Crippen molar-refractivity contribution in [3.05, 3.63) is 64.4 Å². The van der Waals surface area contributed by atoms with E-state index in [-0.39, 0.29) is 12.1 Å². The lowest BCUT2D eigenvalue weighted by atomic mass is 10.1. The van der Waals surface area contributed by atoms with Crippen LogP contribution in [0.2, 0.25) is 0 Å². The van der Waals surface area contributed by atoms with Crippen molar-refractivity contribution in [1.29, 1.82) is 0 Å². The fourth-order valence-corrected chi connectivity index (χ4v) is 3.29. The fraction of sp³-hybridized carbons (Fsp3) is 0.167. The molecule has 0 aliphatic carbocycles. The highest BCUT2D eigenvalue weighted by molar-refractivity contribution is 9.10. The van der Waals surface area contributed by atoms with Gasteiger partial charge in [-0.3, -0.25) is 5.10 Å². The van der Waals surface area contributed by atoms with Gasteiger partial charge in [0.15, 0.2) is 6.29 Å². The van der Waals surface area contributed by atoms with E-state index in [1.54, 1.807) is 12.1 Å². The van der Waals surface area contributed by atoms with Gasteiger partial charge in [-0.05, 0) is 36.4 Å². The van der Waals surface area contributed by atoms with E-state index in [1.807, 2.05) is 24.3 Å². The maximum atomic E-state index is 13.0. The van der Waals surface area contributed by atoms with E-state index in [4.69, 9.17) is 9.47 Å². The average Bonchev–Trinajstić information content (AvgIpc) is 3.27. The Hall–Kier alpha value is -2.02. The lowest BCUT2D eigenvalue weighted by Gasteiger charge is -2.11. The maximum absolute atomic E-state index is 13.0. The SMILES string of the molecule is Fc1ccc(-c2cc(-c3ccc(C4OCCO4)cc3Br)[nH]n2)cc1. The Balaban J connectivity index is 1.63. The van der Waals surface area contributed by atoms with E-state index in [1.165, 1.54) is 12.1 Å². The minimum Gasteiger partial charge on any atom is -0.346 e. The van der Waals surface area contributed by atoms with Crippen LogP contribution in [0.25, 0.3) is 22.5 Å². The van der Waals surface area contributed by atoms with Gasteiger partial charge in [-0.25, -0.2) is 4.39 Å². The molecule has 2 aromatic carbocycles. The first-order chi connectivity index (χ1) is 11.7. The van der Waals surface area contributed by atoms with Crippen LogP contribution >= 0.6 is 15.9 Å². The average molecular weight is 389 g/mol. The number of nitrogens with one attached hydrogen (secondary N) is 1.